The molecule has 0 rings (SSSR count). The van der Waals surface area contributed by atoms with Gasteiger partial charge in [-0.3, -0.25) is 0 Å². The van der Waals surface area contributed by atoms with Crippen LogP contribution < -0.4 is 5.73 Å². The van der Waals surface area contributed by atoms with Crippen molar-refractivity contribution in [2.24, 2.45) is 11.1 Å². The van der Waals surface area contributed by atoms with E-state index in [0.29, 0.717) is 13.0 Å². The normalized spacial score (nSPS) is 18.5. The summed E-state index contributed by atoms with van der Waals surface area (Å²) in [6, 6.07) is 0. The molecule has 2 atom stereocenters. The number of aliphatic hydroxyl groups excluding tert-OH is 1. The standard InChI is InChI=1S/C9H17NO/c1-4-5-6-9(3,7-10)8(2)11/h1,8,11H,5-7,10H2,2-3H3. The molecule has 0 aliphatic heterocycles. The fourth-order valence-electron chi connectivity index (χ4n) is 0.839. The molecule has 3 N–H and O–H groups in total. The summed E-state index contributed by atoms with van der Waals surface area (Å²) in [4.78, 5) is 0. The van der Waals surface area contributed by atoms with Gasteiger partial charge in [-0.05, 0) is 13.3 Å². The van der Waals surface area contributed by atoms with E-state index in [9.17, 15) is 5.11 Å². The molecule has 2 nitrogen and oxygen atoms in total. The number of hydrogen-bond acceptors (Lipinski definition) is 2. The highest BCUT2D eigenvalue weighted by atomic mass is 16.3. The Balaban J connectivity index is 4.01. The summed E-state index contributed by atoms with van der Waals surface area (Å²) in [5, 5.41) is 9.35. The first-order chi connectivity index (χ1) is 5.06. The highest BCUT2D eigenvalue weighted by Gasteiger charge is 2.27. The Morgan fingerprint density at radius 1 is 1.73 bits per heavy atom. The Morgan fingerprint density at radius 3 is 2.55 bits per heavy atom. The molecule has 0 radical (unpaired) electrons. The maximum absolute atomic E-state index is 9.35. The van der Waals surface area contributed by atoms with E-state index in [0.717, 1.165) is 6.42 Å². The molecule has 0 fully saturated rings. The summed E-state index contributed by atoms with van der Waals surface area (Å²) < 4.78 is 0. The van der Waals surface area contributed by atoms with Crippen molar-refractivity contribution in [3.63, 3.8) is 0 Å². The molecule has 2 heteroatoms. The van der Waals surface area contributed by atoms with Gasteiger partial charge in [-0.25, -0.2) is 0 Å². The van der Waals surface area contributed by atoms with E-state index in [1.807, 2.05) is 6.92 Å². The molecule has 2 unspecified atom stereocenters. The third-order valence-corrected chi connectivity index (χ3v) is 2.32. The molecule has 0 aliphatic carbocycles. The van der Waals surface area contributed by atoms with Crippen molar-refractivity contribution in [2.45, 2.75) is 32.8 Å². The van der Waals surface area contributed by atoms with Gasteiger partial charge >= 0.3 is 0 Å². The fourth-order valence-corrected chi connectivity index (χ4v) is 0.839. The van der Waals surface area contributed by atoms with E-state index in [1.165, 1.54) is 0 Å². The van der Waals surface area contributed by atoms with Gasteiger partial charge in [0.05, 0.1) is 6.10 Å². The average Bonchev–Trinajstić information content (AvgIpc) is 2.00. The molecule has 0 aromatic heterocycles. The second kappa shape index (κ2) is 4.38. The van der Waals surface area contributed by atoms with Gasteiger partial charge in [0.2, 0.25) is 0 Å². The minimum Gasteiger partial charge on any atom is -0.393 e. The quantitative estimate of drug-likeness (QED) is 0.588. The van der Waals surface area contributed by atoms with Crippen LogP contribution in [0.15, 0.2) is 0 Å². The topological polar surface area (TPSA) is 46.2 Å². The largest absolute Gasteiger partial charge is 0.393 e. The number of nitrogens with two attached hydrogens (primary N) is 1. The zero-order valence-electron chi connectivity index (χ0n) is 7.30. The van der Waals surface area contributed by atoms with Crippen molar-refractivity contribution >= 4 is 0 Å². The van der Waals surface area contributed by atoms with Crippen molar-refractivity contribution in [3.8, 4) is 12.3 Å². The van der Waals surface area contributed by atoms with Crippen molar-refractivity contribution in [2.75, 3.05) is 6.54 Å². The van der Waals surface area contributed by atoms with Crippen LogP contribution in [0, 0.1) is 17.8 Å². The second-order valence-electron chi connectivity index (χ2n) is 3.24. The molecule has 0 aliphatic rings. The minimum absolute atomic E-state index is 0.216. The highest BCUT2D eigenvalue weighted by Crippen LogP contribution is 2.25. The van der Waals surface area contributed by atoms with Gasteiger partial charge < -0.3 is 10.8 Å². The van der Waals surface area contributed by atoms with Gasteiger partial charge in [0.1, 0.15) is 0 Å². The van der Waals surface area contributed by atoms with E-state index in [1.54, 1.807) is 6.92 Å². The molecule has 0 saturated heterocycles. The Bertz CT molecular complexity index is 148. The van der Waals surface area contributed by atoms with Crippen LogP contribution in [-0.2, 0) is 0 Å². The van der Waals surface area contributed by atoms with Crippen LogP contribution in [0.5, 0.6) is 0 Å². The van der Waals surface area contributed by atoms with Gasteiger partial charge in [-0.2, -0.15) is 0 Å². The summed E-state index contributed by atoms with van der Waals surface area (Å²) in [6.45, 7) is 4.19. The Labute approximate surface area is 68.8 Å². The molecule has 0 heterocycles. The lowest BCUT2D eigenvalue weighted by molar-refractivity contribution is 0.0533. The third-order valence-electron chi connectivity index (χ3n) is 2.32. The van der Waals surface area contributed by atoms with E-state index >= 15 is 0 Å². The summed E-state index contributed by atoms with van der Waals surface area (Å²) in [5.74, 6) is 2.55. The summed E-state index contributed by atoms with van der Waals surface area (Å²) >= 11 is 0. The van der Waals surface area contributed by atoms with Crippen LogP contribution in [0.25, 0.3) is 0 Å². The van der Waals surface area contributed by atoms with Gasteiger partial charge in [-0.1, -0.05) is 6.92 Å². The van der Waals surface area contributed by atoms with Gasteiger partial charge in [0, 0.05) is 18.4 Å². The van der Waals surface area contributed by atoms with E-state index < -0.39 is 0 Å². The van der Waals surface area contributed by atoms with E-state index in [2.05, 4.69) is 5.92 Å². The Morgan fingerprint density at radius 2 is 2.27 bits per heavy atom. The Kier molecular flexibility index (Phi) is 4.17. The number of hydrogen-bond donors (Lipinski definition) is 2. The van der Waals surface area contributed by atoms with Crippen LogP contribution in [0.2, 0.25) is 0 Å². The molecule has 0 amide bonds. The molecular formula is C9H17NO. The first-order valence-electron chi connectivity index (χ1n) is 3.88. The van der Waals surface area contributed by atoms with Gasteiger partial charge in [-0.15, -0.1) is 12.3 Å². The van der Waals surface area contributed by atoms with Crippen LogP contribution in [0.1, 0.15) is 26.7 Å². The lowest BCUT2D eigenvalue weighted by Gasteiger charge is -2.30. The molecule has 64 valence electrons. The maximum Gasteiger partial charge on any atom is 0.0578 e. The lowest BCUT2D eigenvalue weighted by atomic mass is 9.81. The first-order valence-corrected chi connectivity index (χ1v) is 3.88. The SMILES string of the molecule is C#CCCC(C)(CN)C(C)O. The van der Waals surface area contributed by atoms with Crippen molar-refractivity contribution in [3.05, 3.63) is 0 Å². The number of aliphatic hydroxyl groups is 1. The van der Waals surface area contributed by atoms with Crippen LogP contribution in [0.4, 0.5) is 0 Å². The summed E-state index contributed by atoms with van der Waals surface area (Å²) in [7, 11) is 0. The number of terminal acetylenes is 1. The van der Waals surface area contributed by atoms with Crippen LogP contribution in [-0.4, -0.2) is 17.8 Å². The van der Waals surface area contributed by atoms with Crippen LogP contribution in [0.3, 0.4) is 0 Å². The van der Waals surface area contributed by atoms with E-state index in [4.69, 9.17) is 12.2 Å². The molecule has 0 aromatic rings. The number of rotatable bonds is 4. The zero-order valence-corrected chi connectivity index (χ0v) is 7.30. The molecule has 0 bridgehead atoms. The minimum atomic E-state index is -0.388. The average molecular weight is 155 g/mol. The summed E-state index contributed by atoms with van der Waals surface area (Å²) in [5.41, 5.74) is 5.30. The van der Waals surface area contributed by atoms with Gasteiger partial charge in [0.25, 0.3) is 0 Å². The fraction of sp³-hybridized carbons (Fsp3) is 0.778. The highest BCUT2D eigenvalue weighted by molar-refractivity contribution is 4.89. The monoisotopic (exact) mass is 155 g/mol. The van der Waals surface area contributed by atoms with Gasteiger partial charge in [0.15, 0.2) is 0 Å². The second-order valence-corrected chi connectivity index (χ2v) is 3.24. The van der Waals surface area contributed by atoms with Crippen LogP contribution >= 0.6 is 0 Å². The van der Waals surface area contributed by atoms with Crippen molar-refractivity contribution in [1.29, 1.82) is 0 Å². The zero-order chi connectivity index (χ0) is 8.91. The maximum atomic E-state index is 9.35. The third kappa shape index (κ3) is 2.92. The smallest absolute Gasteiger partial charge is 0.0578 e. The molecular weight excluding hydrogens is 138 g/mol. The molecule has 0 spiro atoms. The lowest BCUT2D eigenvalue weighted by Crippen LogP contribution is -2.37. The summed E-state index contributed by atoms with van der Waals surface area (Å²) in [6.07, 6.45) is 6.20. The first kappa shape index (κ1) is 10.5. The van der Waals surface area contributed by atoms with Crippen molar-refractivity contribution in [1.82, 2.24) is 0 Å². The molecule has 0 saturated carbocycles. The van der Waals surface area contributed by atoms with E-state index in [-0.39, 0.29) is 11.5 Å². The predicted molar refractivity (Wildman–Crippen MR) is 46.9 cm³/mol. The van der Waals surface area contributed by atoms with Crippen molar-refractivity contribution < 1.29 is 5.11 Å². The predicted octanol–water partition coefficient (Wildman–Crippen LogP) is 0.746. The molecule has 11 heavy (non-hydrogen) atoms. The molecule has 0 aromatic carbocycles. The Hall–Kier alpha value is -0.520.